The number of aliphatic imine (C=N–C) groups is 1. The molecular formula is C13H19N3OS2. The Labute approximate surface area is 122 Å². The van der Waals surface area contributed by atoms with E-state index in [4.69, 9.17) is 15.1 Å². The van der Waals surface area contributed by atoms with Gasteiger partial charge in [0.2, 0.25) is 5.90 Å². The molecule has 0 unspecified atom stereocenters. The van der Waals surface area contributed by atoms with Gasteiger partial charge in [-0.05, 0) is 13.8 Å². The van der Waals surface area contributed by atoms with E-state index in [-0.39, 0.29) is 11.4 Å². The van der Waals surface area contributed by atoms with Gasteiger partial charge in [-0.15, -0.1) is 23.1 Å². The fourth-order valence-electron chi connectivity index (χ4n) is 1.77. The summed E-state index contributed by atoms with van der Waals surface area (Å²) in [4.78, 5) is 9.35. The molecule has 19 heavy (non-hydrogen) atoms. The van der Waals surface area contributed by atoms with E-state index in [1.54, 1.807) is 11.3 Å². The maximum atomic E-state index is 7.77. The van der Waals surface area contributed by atoms with Crippen molar-refractivity contribution in [3.63, 3.8) is 0 Å². The van der Waals surface area contributed by atoms with E-state index in [9.17, 15) is 0 Å². The van der Waals surface area contributed by atoms with Crippen molar-refractivity contribution in [1.82, 2.24) is 4.98 Å². The Morgan fingerprint density at radius 1 is 1.58 bits per heavy atom. The first-order valence-corrected chi connectivity index (χ1v) is 8.23. The minimum absolute atomic E-state index is 0.146. The van der Waals surface area contributed by atoms with Gasteiger partial charge in [-0.2, -0.15) is 0 Å². The van der Waals surface area contributed by atoms with Crippen LogP contribution in [0.15, 0.2) is 10.4 Å². The second-order valence-corrected chi connectivity index (χ2v) is 6.82. The molecule has 0 fully saturated rings. The number of nitrogens with zero attached hydrogens (tertiary/aromatic N) is 2. The van der Waals surface area contributed by atoms with Crippen LogP contribution >= 0.6 is 23.1 Å². The summed E-state index contributed by atoms with van der Waals surface area (Å²) in [7, 11) is 0. The van der Waals surface area contributed by atoms with Crippen LogP contribution in [0.2, 0.25) is 0 Å². The number of thiazole rings is 1. The van der Waals surface area contributed by atoms with Gasteiger partial charge in [0, 0.05) is 17.1 Å². The van der Waals surface area contributed by atoms with Gasteiger partial charge >= 0.3 is 0 Å². The summed E-state index contributed by atoms with van der Waals surface area (Å²) in [6, 6.07) is 0. The number of aromatic nitrogens is 1. The van der Waals surface area contributed by atoms with E-state index in [1.807, 2.05) is 24.1 Å². The van der Waals surface area contributed by atoms with Gasteiger partial charge in [-0.25, -0.2) is 4.98 Å². The highest BCUT2D eigenvalue weighted by molar-refractivity contribution is 8.14. The average molecular weight is 297 g/mol. The van der Waals surface area contributed by atoms with Gasteiger partial charge in [0.25, 0.3) is 0 Å². The number of hydrogen-bond donors (Lipinski definition) is 1. The lowest BCUT2D eigenvalue weighted by molar-refractivity contribution is 0.324. The molecule has 0 bridgehead atoms. The normalized spacial score (nSPS) is 22.7. The maximum Gasteiger partial charge on any atom is 0.233 e. The number of nitrogens with one attached hydrogen (secondary N) is 1. The summed E-state index contributed by atoms with van der Waals surface area (Å²) in [5.74, 6) is 1.54. The summed E-state index contributed by atoms with van der Waals surface area (Å²) in [5.41, 5.74) is 0.362. The van der Waals surface area contributed by atoms with Crippen LogP contribution in [0.1, 0.15) is 38.4 Å². The number of ether oxygens (including phenoxy) is 1. The molecule has 0 radical (unpaired) electrons. The zero-order chi connectivity index (χ0) is 14.0. The van der Waals surface area contributed by atoms with Crippen LogP contribution < -0.4 is 0 Å². The summed E-state index contributed by atoms with van der Waals surface area (Å²) in [5, 5.41) is 11.8. The molecule has 104 valence electrons. The highest BCUT2D eigenvalue weighted by Gasteiger charge is 2.36. The van der Waals surface area contributed by atoms with E-state index >= 15 is 0 Å². The number of rotatable bonds is 4. The second kappa shape index (κ2) is 5.63. The summed E-state index contributed by atoms with van der Waals surface area (Å²) in [6.45, 7) is 8.80. The molecule has 1 aromatic rings. The smallest absolute Gasteiger partial charge is 0.233 e. The fraction of sp³-hybridized carbons (Fsp3) is 0.615. The van der Waals surface area contributed by atoms with Crippen molar-refractivity contribution in [2.45, 2.75) is 33.2 Å². The minimum Gasteiger partial charge on any atom is -0.477 e. The third-order valence-corrected chi connectivity index (χ3v) is 5.50. The van der Waals surface area contributed by atoms with Crippen molar-refractivity contribution in [3.05, 3.63) is 16.1 Å². The number of hydrogen-bond acceptors (Lipinski definition) is 6. The van der Waals surface area contributed by atoms with Crippen molar-refractivity contribution in [1.29, 1.82) is 5.41 Å². The van der Waals surface area contributed by atoms with Crippen molar-refractivity contribution in [2.75, 3.05) is 12.4 Å². The molecule has 0 aliphatic carbocycles. The largest absolute Gasteiger partial charge is 0.477 e. The first kappa shape index (κ1) is 14.5. The van der Waals surface area contributed by atoms with Gasteiger partial charge in [-0.1, -0.05) is 13.8 Å². The van der Waals surface area contributed by atoms with E-state index in [0.717, 1.165) is 10.8 Å². The molecule has 0 saturated carbocycles. The van der Waals surface area contributed by atoms with Crippen LogP contribution in [-0.2, 0) is 10.3 Å². The Kier molecular flexibility index (Phi) is 4.30. The Morgan fingerprint density at radius 2 is 2.32 bits per heavy atom. The highest BCUT2D eigenvalue weighted by atomic mass is 32.2. The molecule has 6 heteroatoms. The monoisotopic (exact) mass is 297 g/mol. The van der Waals surface area contributed by atoms with Crippen LogP contribution in [0, 0.1) is 11.3 Å². The van der Waals surface area contributed by atoms with Crippen molar-refractivity contribution >= 4 is 34.0 Å². The second-order valence-electron chi connectivity index (χ2n) is 4.97. The lowest BCUT2D eigenvalue weighted by atomic mass is 10.1. The van der Waals surface area contributed by atoms with E-state index in [2.05, 4.69) is 25.8 Å². The summed E-state index contributed by atoms with van der Waals surface area (Å²) >= 11 is 3.37. The molecule has 0 aromatic carbocycles. The van der Waals surface area contributed by atoms with Crippen LogP contribution in [-0.4, -0.2) is 28.3 Å². The third-order valence-electron chi connectivity index (χ3n) is 2.84. The molecule has 4 nitrogen and oxygen atoms in total. The SMILES string of the molecule is CCOC(=N)c1csc([C@@]2(C)CSC(C(C)C)=N2)n1. The van der Waals surface area contributed by atoms with E-state index < -0.39 is 0 Å². The maximum absolute atomic E-state index is 7.77. The van der Waals surface area contributed by atoms with Gasteiger partial charge in [0.15, 0.2) is 0 Å². The molecule has 1 aliphatic rings. The standard InChI is InChI=1S/C13H19N3OS2/c1-5-17-10(14)9-6-18-12(15-9)13(4)7-19-11(16-13)8(2)3/h6,8,14H,5,7H2,1-4H3/t13-/m1/s1. The highest BCUT2D eigenvalue weighted by Crippen LogP contribution is 2.39. The molecule has 2 heterocycles. The molecule has 0 saturated heterocycles. The van der Waals surface area contributed by atoms with Crippen molar-refractivity contribution in [2.24, 2.45) is 10.9 Å². The molecule has 1 atom stereocenters. The van der Waals surface area contributed by atoms with Gasteiger partial charge in [0.05, 0.1) is 11.7 Å². The Morgan fingerprint density at radius 3 is 2.89 bits per heavy atom. The fourth-order valence-corrected chi connectivity index (χ4v) is 4.00. The van der Waals surface area contributed by atoms with Crippen LogP contribution in [0.25, 0.3) is 0 Å². The predicted octanol–water partition coefficient (Wildman–Crippen LogP) is 3.52. The van der Waals surface area contributed by atoms with Gasteiger partial charge < -0.3 is 4.74 Å². The Hall–Kier alpha value is -0.880. The van der Waals surface area contributed by atoms with E-state index in [0.29, 0.717) is 18.2 Å². The minimum atomic E-state index is -0.250. The first-order chi connectivity index (χ1) is 8.96. The van der Waals surface area contributed by atoms with E-state index in [1.165, 1.54) is 5.04 Å². The molecule has 1 N–H and O–H groups in total. The quantitative estimate of drug-likeness (QED) is 0.683. The summed E-state index contributed by atoms with van der Waals surface area (Å²) in [6.07, 6.45) is 0. The predicted molar refractivity (Wildman–Crippen MR) is 82.7 cm³/mol. The Bertz CT molecular complexity index is 510. The van der Waals surface area contributed by atoms with Crippen LogP contribution in [0.5, 0.6) is 0 Å². The molecular weight excluding hydrogens is 278 g/mol. The summed E-state index contributed by atoms with van der Waals surface area (Å²) < 4.78 is 5.18. The van der Waals surface area contributed by atoms with Crippen molar-refractivity contribution < 1.29 is 4.74 Å². The third kappa shape index (κ3) is 3.00. The van der Waals surface area contributed by atoms with Gasteiger partial charge in [-0.3, -0.25) is 10.4 Å². The molecule has 2 rings (SSSR count). The lowest BCUT2D eigenvalue weighted by Gasteiger charge is -2.15. The molecule has 0 amide bonds. The lowest BCUT2D eigenvalue weighted by Crippen LogP contribution is -2.19. The molecule has 1 aromatic heterocycles. The zero-order valence-electron chi connectivity index (χ0n) is 11.7. The van der Waals surface area contributed by atoms with Crippen molar-refractivity contribution in [3.8, 4) is 0 Å². The molecule has 1 aliphatic heterocycles. The average Bonchev–Trinajstić information content (AvgIpc) is 2.96. The topological polar surface area (TPSA) is 58.3 Å². The first-order valence-electron chi connectivity index (χ1n) is 6.36. The molecule has 0 spiro atoms. The Balaban J connectivity index is 2.21. The van der Waals surface area contributed by atoms with Gasteiger partial charge in [0.1, 0.15) is 16.2 Å². The van der Waals surface area contributed by atoms with Crippen LogP contribution in [0.3, 0.4) is 0 Å². The van der Waals surface area contributed by atoms with Crippen LogP contribution in [0.4, 0.5) is 0 Å². The zero-order valence-corrected chi connectivity index (χ0v) is 13.3. The number of thioether (sulfide) groups is 1.